The van der Waals surface area contributed by atoms with Gasteiger partial charge in [-0.15, -0.1) is 0 Å². The third-order valence-corrected chi connectivity index (χ3v) is 8.59. The Kier molecular flexibility index (Phi) is 5.77. The molecule has 1 aliphatic heterocycles. The highest BCUT2D eigenvalue weighted by Gasteiger charge is 2.46. The molecule has 4 rings (SSSR count). The van der Waals surface area contributed by atoms with Gasteiger partial charge >= 0.3 is 0 Å². The average molecular weight is 530 g/mol. The third kappa shape index (κ3) is 3.81. The van der Waals surface area contributed by atoms with E-state index in [1.165, 1.54) is 0 Å². The minimum absolute atomic E-state index is 0.300. The van der Waals surface area contributed by atoms with Gasteiger partial charge in [0.05, 0.1) is 9.80 Å². The number of hydrogen-bond acceptors (Lipinski definition) is 3. The van der Waals surface area contributed by atoms with Crippen molar-refractivity contribution < 1.29 is 13.2 Å². The van der Waals surface area contributed by atoms with E-state index < -0.39 is 15.4 Å². The Labute approximate surface area is 191 Å². The molecule has 0 amide bonds. The lowest BCUT2D eigenvalue weighted by atomic mass is 9.93. The molecule has 154 valence electrons. The molecular formula is C25H23IO3S. The largest absolute Gasteiger partial charge is 0.480 e. The highest BCUT2D eigenvalue weighted by Crippen LogP contribution is 2.49. The van der Waals surface area contributed by atoms with Gasteiger partial charge in [0.1, 0.15) is 11.4 Å². The molecule has 1 heterocycles. The Morgan fingerprint density at radius 1 is 0.867 bits per heavy atom. The van der Waals surface area contributed by atoms with Crippen LogP contribution in [0.4, 0.5) is 0 Å². The third-order valence-electron chi connectivity index (χ3n) is 5.48. The molecule has 5 heteroatoms. The van der Waals surface area contributed by atoms with Gasteiger partial charge in [0.15, 0.2) is 0 Å². The Morgan fingerprint density at radius 3 is 2.00 bits per heavy atom. The molecule has 0 saturated carbocycles. The second-order valence-corrected chi connectivity index (χ2v) is 10.4. The number of aryl methyl sites for hydroxylation is 2. The van der Waals surface area contributed by atoms with Crippen LogP contribution in [0.3, 0.4) is 0 Å². The van der Waals surface area contributed by atoms with Crippen LogP contribution in [0.5, 0.6) is 0 Å². The molecular weight excluding hydrogens is 507 g/mol. The number of ether oxygens (including phenoxy) is 1. The van der Waals surface area contributed by atoms with Crippen LogP contribution in [-0.4, -0.2) is 12.8 Å². The Bertz CT molecular complexity index is 1180. The zero-order valence-corrected chi connectivity index (χ0v) is 19.9. The first-order valence-electron chi connectivity index (χ1n) is 9.78. The first-order valence-corrected chi connectivity index (χ1v) is 12.8. The van der Waals surface area contributed by atoms with Crippen LogP contribution < -0.4 is 0 Å². The van der Waals surface area contributed by atoms with Crippen molar-refractivity contribution in [3.63, 3.8) is 0 Å². The summed E-state index contributed by atoms with van der Waals surface area (Å²) in [7, 11) is -3.70. The number of rotatable bonds is 5. The number of alkyl halides is 1. The van der Waals surface area contributed by atoms with E-state index in [2.05, 4.69) is 22.6 Å². The number of hydrogen-bond donors (Lipinski definition) is 0. The molecule has 3 aromatic rings. The smallest absolute Gasteiger partial charge is 0.206 e. The zero-order valence-electron chi connectivity index (χ0n) is 16.9. The fourth-order valence-electron chi connectivity index (χ4n) is 3.68. The van der Waals surface area contributed by atoms with Gasteiger partial charge in [-0.3, -0.25) is 0 Å². The summed E-state index contributed by atoms with van der Waals surface area (Å²) >= 11 is 2.29. The fourth-order valence-corrected chi connectivity index (χ4v) is 6.16. The van der Waals surface area contributed by atoms with Crippen LogP contribution in [0.1, 0.15) is 28.7 Å². The van der Waals surface area contributed by atoms with Crippen molar-refractivity contribution in [3.05, 3.63) is 106 Å². The van der Waals surface area contributed by atoms with Crippen molar-refractivity contribution in [2.75, 3.05) is 4.43 Å². The molecule has 1 aliphatic rings. The molecule has 0 aliphatic carbocycles. The Morgan fingerprint density at radius 2 is 1.43 bits per heavy atom. The van der Waals surface area contributed by atoms with Gasteiger partial charge in [-0.05, 0) is 31.5 Å². The van der Waals surface area contributed by atoms with Crippen molar-refractivity contribution in [1.82, 2.24) is 0 Å². The van der Waals surface area contributed by atoms with Gasteiger partial charge in [-0.25, -0.2) is 8.42 Å². The average Bonchev–Trinajstić information content (AvgIpc) is 3.17. The molecule has 0 radical (unpaired) electrons. The Hall–Kier alpha value is -2.12. The molecule has 0 fully saturated rings. The zero-order chi connectivity index (χ0) is 21.4. The lowest BCUT2D eigenvalue weighted by Crippen LogP contribution is -2.28. The molecule has 1 atom stereocenters. The fraction of sp³-hybridized carbons (Fsp3) is 0.200. The van der Waals surface area contributed by atoms with Crippen molar-refractivity contribution >= 4 is 38.2 Å². The van der Waals surface area contributed by atoms with Crippen LogP contribution >= 0.6 is 22.6 Å². The summed E-state index contributed by atoms with van der Waals surface area (Å²) < 4.78 is 34.6. The molecule has 0 saturated heterocycles. The monoisotopic (exact) mass is 530 g/mol. The second kappa shape index (κ2) is 8.19. The summed E-state index contributed by atoms with van der Waals surface area (Å²) in [6.07, 6.45) is 0.305. The molecule has 3 nitrogen and oxygen atoms in total. The van der Waals surface area contributed by atoms with Gasteiger partial charge in [-0.2, -0.15) is 0 Å². The topological polar surface area (TPSA) is 43.4 Å². The van der Waals surface area contributed by atoms with Crippen molar-refractivity contribution in [1.29, 1.82) is 0 Å². The first kappa shape index (κ1) is 21.1. The van der Waals surface area contributed by atoms with E-state index in [-0.39, 0.29) is 0 Å². The predicted octanol–water partition coefficient (Wildman–Crippen LogP) is 6.20. The van der Waals surface area contributed by atoms with Crippen molar-refractivity contribution in [2.45, 2.75) is 30.8 Å². The second-order valence-electron chi connectivity index (χ2n) is 7.71. The van der Waals surface area contributed by atoms with Crippen molar-refractivity contribution in [2.24, 2.45) is 0 Å². The van der Waals surface area contributed by atoms with E-state index in [0.717, 1.165) is 22.3 Å². The summed E-state index contributed by atoms with van der Waals surface area (Å²) in [6, 6.07) is 24.7. The van der Waals surface area contributed by atoms with Crippen LogP contribution in [0.15, 0.2) is 88.7 Å². The van der Waals surface area contributed by atoms with Gasteiger partial charge in [0, 0.05) is 16.4 Å². The highest BCUT2D eigenvalue weighted by molar-refractivity contribution is 14.1. The Balaban J connectivity index is 1.89. The standard InChI is InChI=1S/C25H23IO3S/c1-18-8-12-20(13-9-18)24-23(30(27,28)22-14-10-19(2)11-15-22)16-25(17-26,29-24)21-6-4-3-5-7-21/h3-15H,16-17H2,1-2H3. The van der Waals surface area contributed by atoms with Gasteiger partial charge in [0.25, 0.3) is 0 Å². The van der Waals surface area contributed by atoms with Crippen molar-refractivity contribution in [3.8, 4) is 0 Å². The minimum atomic E-state index is -3.70. The van der Waals surface area contributed by atoms with Gasteiger partial charge in [-0.1, -0.05) is 100 Å². The lowest BCUT2D eigenvalue weighted by molar-refractivity contribution is 0.0860. The number of sulfone groups is 1. The van der Waals surface area contributed by atoms with E-state index in [0.29, 0.717) is 26.4 Å². The summed E-state index contributed by atoms with van der Waals surface area (Å²) in [6.45, 7) is 3.96. The summed E-state index contributed by atoms with van der Waals surface area (Å²) in [5, 5.41) is 0. The predicted molar refractivity (Wildman–Crippen MR) is 129 cm³/mol. The molecule has 1 unspecified atom stereocenters. The maximum Gasteiger partial charge on any atom is 0.206 e. The molecule has 3 aromatic carbocycles. The van der Waals surface area contributed by atoms with Crippen LogP contribution in [0.2, 0.25) is 0 Å². The molecule has 0 N–H and O–H groups in total. The molecule has 0 bridgehead atoms. The molecule has 0 aromatic heterocycles. The van der Waals surface area contributed by atoms with E-state index in [4.69, 9.17) is 4.74 Å². The van der Waals surface area contributed by atoms with Gasteiger partial charge in [0.2, 0.25) is 9.84 Å². The normalized spacial score (nSPS) is 19.0. The summed E-state index contributed by atoms with van der Waals surface area (Å²) in [5.74, 6) is 0.455. The maximum absolute atomic E-state index is 13.7. The highest BCUT2D eigenvalue weighted by atomic mass is 127. The number of benzene rings is 3. The van der Waals surface area contributed by atoms with Gasteiger partial charge < -0.3 is 4.74 Å². The maximum atomic E-state index is 13.7. The van der Waals surface area contributed by atoms with E-state index in [9.17, 15) is 8.42 Å². The minimum Gasteiger partial charge on any atom is -0.480 e. The van der Waals surface area contributed by atoms with Crippen LogP contribution in [0, 0.1) is 13.8 Å². The van der Waals surface area contributed by atoms with E-state index >= 15 is 0 Å². The first-order chi connectivity index (χ1) is 14.4. The summed E-state index contributed by atoms with van der Waals surface area (Å²) in [5.41, 5.74) is 3.20. The summed E-state index contributed by atoms with van der Waals surface area (Å²) in [4.78, 5) is 0.643. The van der Waals surface area contributed by atoms with Crippen LogP contribution in [-0.2, 0) is 20.2 Å². The van der Waals surface area contributed by atoms with E-state index in [1.54, 1.807) is 12.1 Å². The number of halogens is 1. The quantitative estimate of drug-likeness (QED) is 0.292. The van der Waals surface area contributed by atoms with Crippen LogP contribution in [0.25, 0.3) is 5.76 Å². The van der Waals surface area contributed by atoms with E-state index in [1.807, 2.05) is 80.6 Å². The SMILES string of the molecule is Cc1ccc(C2=C(S(=O)(=O)c3ccc(C)cc3)CC(CI)(c3ccccc3)O2)cc1. The molecule has 30 heavy (non-hydrogen) atoms. The lowest BCUT2D eigenvalue weighted by Gasteiger charge is -2.28. The molecule has 0 spiro atoms.